The molecule has 1 atom stereocenters. The van der Waals surface area contributed by atoms with Crippen LogP contribution in [0.25, 0.3) is 0 Å². The molecule has 1 heterocycles. The largest absolute Gasteiger partial charge is 0.494 e. The topological polar surface area (TPSA) is 70.7 Å². The summed E-state index contributed by atoms with van der Waals surface area (Å²) in [6.45, 7) is 6.42. The van der Waals surface area contributed by atoms with Gasteiger partial charge >= 0.3 is 6.03 Å². The number of urea groups is 1. The predicted molar refractivity (Wildman–Crippen MR) is 139 cm³/mol. The van der Waals surface area contributed by atoms with Gasteiger partial charge in [0, 0.05) is 36.8 Å². The van der Waals surface area contributed by atoms with Gasteiger partial charge in [0.2, 0.25) is 0 Å². The number of likely N-dealkylation sites (tertiary alicyclic amines) is 1. The molecule has 0 saturated carbocycles. The number of amides is 3. The lowest BCUT2D eigenvalue weighted by molar-refractivity contribution is 0.0950. The molecule has 0 radical (unpaired) electrons. The normalized spacial score (nSPS) is 15.4. The number of carbonyl (C=O) groups is 2. The highest BCUT2D eigenvalue weighted by molar-refractivity contribution is 5.94. The first kappa shape index (κ1) is 24.3. The van der Waals surface area contributed by atoms with Crippen molar-refractivity contribution in [2.45, 2.75) is 39.2 Å². The quantitative estimate of drug-likeness (QED) is 0.462. The van der Waals surface area contributed by atoms with Crippen LogP contribution < -0.4 is 15.4 Å². The van der Waals surface area contributed by atoms with Gasteiger partial charge in [0.25, 0.3) is 5.91 Å². The van der Waals surface area contributed by atoms with Gasteiger partial charge in [-0.25, -0.2) is 4.79 Å². The first-order chi connectivity index (χ1) is 17.0. The number of anilines is 1. The number of nitrogens with one attached hydrogen (secondary N) is 2. The minimum absolute atomic E-state index is 0.0886. The minimum Gasteiger partial charge on any atom is -0.494 e. The number of benzene rings is 3. The summed E-state index contributed by atoms with van der Waals surface area (Å²) in [6.07, 6.45) is 1.91. The molecule has 0 spiro atoms. The highest BCUT2D eigenvalue weighted by Gasteiger charge is 2.25. The van der Waals surface area contributed by atoms with Gasteiger partial charge < -0.3 is 20.3 Å². The van der Waals surface area contributed by atoms with Gasteiger partial charge in [-0.05, 0) is 74.2 Å². The van der Waals surface area contributed by atoms with Gasteiger partial charge in [0.05, 0.1) is 6.61 Å². The highest BCUT2D eigenvalue weighted by Crippen LogP contribution is 2.28. The first-order valence-corrected chi connectivity index (χ1v) is 12.2. The molecular weight excluding hydrogens is 438 g/mol. The van der Waals surface area contributed by atoms with Crippen molar-refractivity contribution in [1.29, 1.82) is 0 Å². The molecule has 2 N–H and O–H groups in total. The summed E-state index contributed by atoms with van der Waals surface area (Å²) in [4.78, 5) is 27.5. The molecule has 1 saturated heterocycles. The van der Waals surface area contributed by atoms with Gasteiger partial charge in [-0.1, -0.05) is 42.0 Å². The van der Waals surface area contributed by atoms with Gasteiger partial charge in [0.15, 0.2) is 0 Å². The first-order valence-electron chi connectivity index (χ1n) is 12.2. The summed E-state index contributed by atoms with van der Waals surface area (Å²) in [5, 5.41) is 6.00. The van der Waals surface area contributed by atoms with E-state index in [9.17, 15) is 9.59 Å². The van der Waals surface area contributed by atoms with E-state index in [1.54, 1.807) is 0 Å². The SMILES string of the molecule is CCOc1ccc(NC(=O)N2CCCC(c3cccc(C(=O)NCc4cccc(C)c4)c3)C2)cc1. The molecule has 182 valence electrons. The van der Waals surface area contributed by atoms with E-state index < -0.39 is 0 Å². The molecule has 1 fully saturated rings. The van der Waals surface area contributed by atoms with Crippen LogP contribution in [0.15, 0.2) is 72.8 Å². The number of aryl methyl sites for hydroxylation is 1. The molecule has 3 aromatic carbocycles. The van der Waals surface area contributed by atoms with Gasteiger partial charge in [-0.2, -0.15) is 0 Å². The minimum atomic E-state index is -0.106. The molecule has 6 heteroatoms. The van der Waals surface area contributed by atoms with Crippen LogP contribution in [0.4, 0.5) is 10.5 Å². The maximum Gasteiger partial charge on any atom is 0.321 e. The molecule has 6 nitrogen and oxygen atoms in total. The zero-order valence-electron chi connectivity index (χ0n) is 20.4. The Morgan fingerprint density at radius 3 is 2.60 bits per heavy atom. The van der Waals surface area contributed by atoms with Crippen molar-refractivity contribution < 1.29 is 14.3 Å². The molecule has 1 aliphatic heterocycles. The average Bonchev–Trinajstić information content (AvgIpc) is 2.89. The predicted octanol–water partition coefficient (Wildman–Crippen LogP) is 5.74. The van der Waals surface area contributed by atoms with E-state index in [0.29, 0.717) is 25.3 Å². The van der Waals surface area contributed by atoms with Crippen LogP contribution in [-0.4, -0.2) is 36.5 Å². The Kier molecular flexibility index (Phi) is 8.03. The lowest BCUT2D eigenvalue weighted by Crippen LogP contribution is -2.41. The number of nitrogens with zero attached hydrogens (tertiary/aromatic N) is 1. The summed E-state index contributed by atoms with van der Waals surface area (Å²) >= 11 is 0. The van der Waals surface area contributed by atoms with Crippen molar-refractivity contribution in [3.05, 3.63) is 95.1 Å². The monoisotopic (exact) mass is 471 g/mol. The summed E-state index contributed by atoms with van der Waals surface area (Å²) in [7, 11) is 0. The molecule has 3 aromatic rings. The summed E-state index contributed by atoms with van der Waals surface area (Å²) in [5.74, 6) is 0.889. The Balaban J connectivity index is 1.36. The van der Waals surface area contributed by atoms with Crippen LogP contribution in [0, 0.1) is 6.92 Å². The van der Waals surface area contributed by atoms with E-state index >= 15 is 0 Å². The molecule has 1 unspecified atom stereocenters. The van der Waals surface area contributed by atoms with Crippen molar-refractivity contribution in [2.75, 3.05) is 25.0 Å². The molecule has 3 amide bonds. The maximum atomic E-state index is 12.9. The third-order valence-electron chi connectivity index (χ3n) is 6.28. The molecule has 0 aliphatic carbocycles. The van der Waals surface area contributed by atoms with Gasteiger partial charge in [-0.15, -0.1) is 0 Å². The molecule has 35 heavy (non-hydrogen) atoms. The van der Waals surface area contributed by atoms with Crippen LogP contribution >= 0.6 is 0 Å². The van der Waals surface area contributed by atoms with E-state index in [4.69, 9.17) is 4.74 Å². The number of hydrogen-bond donors (Lipinski definition) is 2. The molecular formula is C29H33N3O3. The Bertz CT molecular complexity index is 1160. The second-order valence-electron chi connectivity index (χ2n) is 8.97. The number of carbonyl (C=O) groups excluding carboxylic acids is 2. The lowest BCUT2D eigenvalue weighted by atomic mass is 9.89. The van der Waals surface area contributed by atoms with E-state index in [2.05, 4.69) is 22.8 Å². The highest BCUT2D eigenvalue weighted by atomic mass is 16.5. The zero-order chi connectivity index (χ0) is 24.6. The van der Waals surface area contributed by atoms with E-state index in [0.717, 1.165) is 42.0 Å². The maximum absolute atomic E-state index is 12.9. The van der Waals surface area contributed by atoms with E-state index in [1.165, 1.54) is 5.56 Å². The summed E-state index contributed by atoms with van der Waals surface area (Å²) < 4.78 is 5.46. The van der Waals surface area contributed by atoms with Crippen molar-refractivity contribution in [2.24, 2.45) is 0 Å². The summed E-state index contributed by atoms with van der Waals surface area (Å²) in [6, 6.07) is 23.2. The van der Waals surface area contributed by atoms with Gasteiger partial charge in [0.1, 0.15) is 5.75 Å². The number of piperidine rings is 1. The standard InChI is InChI=1S/C29H33N3O3/c1-3-35-27-14-12-26(13-15-27)31-29(34)32-16-6-11-25(20-32)23-9-5-10-24(18-23)28(33)30-19-22-8-4-7-21(2)17-22/h4-5,7-10,12-15,17-18,25H,3,6,11,16,19-20H2,1-2H3,(H,30,33)(H,31,34). The van der Waals surface area contributed by atoms with Crippen molar-refractivity contribution >= 4 is 17.6 Å². The lowest BCUT2D eigenvalue weighted by Gasteiger charge is -2.33. The van der Waals surface area contributed by atoms with Crippen LogP contribution in [0.1, 0.15) is 52.7 Å². The number of ether oxygens (including phenoxy) is 1. The van der Waals surface area contributed by atoms with E-state index in [1.807, 2.05) is 79.4 Å². The molecule has 0 bridgehead atoms. The van der Waals surface area contributed by atoms with Crippen molar-refractivity contribution in [3.8, 4) is 5.75 Å². The van der Waals surface area contributed by atoms with Crippen LogP contribution in [0.5, 0.6) is 5.75 Å². The van der Waals surface area contributed by atoms with Crippen molar-refractivity contribution in [3.63, 3.8) is 0 Å². The molecule has 1 aliphatic rings. The zero-order valence-corrected chi connectivity index (χ0v) is 20.4. The van der Waals surface area contributed by atoms with Crippen LogP contribution in [-0.2, 0) is 6.54 Å². The summed E-state index contributed by atoms with van der Waals surface area (Å²) in [5.41, 5.74) is 4.73. The van der Waals surface area contributed by atoms with Crippen LogP contribution in [0.2, 0.25) is 0 Å². The smallest absolute Gasteiger partial charge is 0.321 e. The fraction of sp³-hybridized carbons (Fsp3) is 0.310. The average molecular weight is 472 g/mol. The van der Waals surface area contributed by atoms with Gasteiger partial charge in [-0.3, -0.25) is 4.79 Å². The molecule has 0 aromatic heterocycles. The third kappa shape index (κ3) is 6.63. The fourth-order valence-electron chi connectivity index (χ4n) is 4.48. The number of rotatable bonds is 7. The Hall–Kier alpha value is -3.80. The Morgan fingerprint density at radius 1 is 1.03 bits per heavy atom. The van der Waals surface area contributed by atoms with Crippen LogP contribution in [0.3, 0.4) is 0 Å². The Labute approximate surface area is 207 Å². The van der Waals surface area contributed by atoms with Crippen molar-refractivity contribution in [1.82, 2.24) is 10.2 Å². The number of hydrogen-bond acceptors (Lipinski definition) is 3. The fourth-order valence-corrected chi connectivity index (χ4v) is 4.48. The second kappa shape index (κ2) is 11.6. The third-order valence-corrected chi connectivity index (χ3v) is 6.28. The second-order valence-corrected chi connectivity index (χ2v) is 8.97. The molecule has 4 rings (SSSR count). The Morgan fingerprint density at radius 2 is 1.83 bits per heavy atom. The van der Waals surface area contributed by atoms with E-state index in [-0.39, 0.29) is 17.9 Å².